The summed E-state index contributed by atoms with van der Waals surface area (Å²) >= 11 is 0. The van der Waals surface area contributed by atoms with Gasteiger partial charge in [0.1, 0.15) is 0 Å². The van der Waals surface area contributed by atoms with Crippen molar-refractivity contribution in [1.29, 1.82) is 0 Å². The van der Waals surface area contributed by atoms with Crippen LogP contribution in [0, 0.1) is 17.5 Å². The van der Waals surface area contributed by atoms with Crippen molar-refractivity contribution in [2.45, 2.75) is 6.42 Å². The summed E-state index contributed by atoms with van der Waals surface area (Å²) in [5.41, 5.74) is 0.208. The molecule has 8 heteroatoms. The smallest absolute Gasteiger partial charge is 0.254 e. The molecule has 0 heterocycles. The molecule has 0 saturated heterocycles. The average molecular weight is 369 g/mol. The van der Waals surface area contributed by atoms with Gasteiger partial charge in [-0.05, 0) is 36.2 Å². The second-order valence-corrected chi connectivity index (χ2v) is 5.26. The van der Waals surface area contributed by atoms with E-state index in [1.54, 1.807) is 12.1 Å². The molecule has 0 fully saturated rings. The van der Waals surface area contributed by atoms with Gasteiger partial charge in [-0.15, -0.1) is 0 Å². The first-order chi connectivity index (χ1) is 12.4. The molecule has 0 radical (unpaired) electrons. The van der Waals surface area contributed by atoms with E-state index in [0.717, 1.165) is 11.6 Å². The largest absolute Gasteiger partial charge is 0.493 e. The number of methoxy groups -OCH3 is 3. The van der Waals surface area contributed by atoms with Gasteiger partial charge in [-0.2, -0.15) is 0 Å². The summed E-state index contributed by atoms with van der Waals surface area (Å²) < 4.78 is 55.4. The van der Waals surface area contributed by atoms with Crippen LogP contribution in [0.5, 0.6) is 17.2 Å². The standard InChI is InChI=1S/C18H18F3NO4/c1-24-13-8-10(9-14(25-2)17(13)26-3)6-7-22-18(23)11-4-5-12(19)16(21)15(11)20/h4-5,8-9H,6-7H2,1-3H3,(H,22,23). The number of hydrogen-bond acceptors (Lipinski definition) is 4. The average Bonchev–Trinajstić information content (AvgIpc) is 2.65. The van der Waals surface area contributed by atoms with Crippen molar-refractivity contribution in [2.24, 2.45) is 0 Å². The molecule has 0 unspecified atom stereocenters. The minimum atomic E-state index is -1.68. The zero-order valence-electron chi connectivity index (χ0n) is 14.5. The SMILES string of the molecule is COc1cc(CCNC(=O)c2ccc(F)c(F)c2F)cc(OC)c1OC. The second kappa shape index (κ2) is 8.46. The Labute approximate surface area is 148 Å². The van der Waals surface area contributed by atoms with Crippen LogP contribution < -0.4 is 19.5 Å². The third-order valence-corrected chi connectivity index (χ3v) is 3.70. The number of carbonyl (C=O) groups is 1. The molecule has 5 nitrogen and oxygen atoms in total. The van der Waals surface area contributed by atoms with E-state index in [-0.39, 0.29) is 6.54 Å². The minimum absolute atomic E-state index is 0.135. The molecule has 1 amide bonds. The van der Waals surface area contributed by atoms with Gasteiger partial charge >= 0.3 is 0 Å². The molecular weight excluding hydrogens is 351 g/mol. The highest BCUT2D eigenvalue weighted by Crippen LogP contribution is 2.38. The number of amides is 1. The van der Waals surface area contributed by atoms with Crippen LogP contribution in [0.25, 0.3) is 0 Å². The molecule has 0 atom stereocenters. The van der Waals surface area contributed by atoms with Crippen LogP contribution in [0.2, 0.25) is 0 Å². The van der Waals surface area contributed by atoms with E-state index in [9.17, 15) is 18.0 Å². The molecule has 0 aliphatic carbocycles. The van der Waals surface area contributed by atoms with Gasteiger partial charge in [0.15, 0.2) is 29.0 Å². The number of carbonyl (C=O) groups excluding carboxylic acids is 1. The molecule has 0 spiro atoms. The van der Waals surface area contributed by atoms with Gasteiger partial charge in [-0.3, -0.25) is 4.79 Å². The summed E-state index contributed by atoms with van der Waals surface area (Å²) in [5, 5.41) is 2.46. The quantitative estimate of drug-likeness (QED) is 0.762. The summed E-state index contributed by atoms with van der Waals surface area (Å²) in [6.07, 6.45) is 0.369. The Morgan fingerprint density at radius 1 is 0.962 bits per heavy atom. The number of nitrogens with one attached hydrogen (secondary N) is 1. The molecule has 26 heavy (non-hydrogen) atoms. The predicted octanol–water partition coefficient (Wildman–Crippen LogP) is 3.10. The third kappa shape index (κ3) is 4.01. The Bertz CT molecular complexity index is 786. The highest BCUT2D eigenvalue weighted by molar-refractivity contribution is 5.94. The zero-order valence-corrected chi connectivity index (χ0v) is 14.5. The van der Waals surface area contributed by atoms with Crippen LogP contribution >= 0.6 is 0 Å². The Balaban J connectivity index is 2.08. The number of rotatable bonds is 7. The maximum absolute atomic E-state index is 13.6. The molecule has 2 rings (SSSR count). The number of hydrogen-bond donors (Lipinski definition) is 1. The summed E-state index contributed by atoms with van der Waals surface area (Å²) in [7, 11) is 4.44. The summed E-state index contributed by atoms with van der Waals surface area (Å²) in [6, 6.07) is 5.02. The molecule has 0 saturated carbocycles. The fraction of sp³-hybridized carbons (Fsp3) is 0.278. The van der Waals surface area contributed by atoms with Crippen LogP contribution in [-0.2, 0) is 6.42 Å². The fourth-order valence-corrected chi connectivity index (χ4v) is 2.40. The van der Waals surface area contributed by atoms with E-state index in [1.807, 2.05) is 0 Å². The lowest BCUT2D eigenvalue weighted by atomic mass is 10.1. The molecule has 0 bridgehead atoms. The lowest BCUT2D eigenvalue weighted by Crippen LogP contribution is -2.27. The molecule has 1 N–H and O–H groups in total. The molecule has 2 aromatic carbocycles. The lowest BCUT2D eigenvalue weighted by molar-refractivity contribution is 0.0949. The van der Waals surface area contributed by atoms with Crippen molar-refractivity contribution < 1.29 is 32.2 Å². The highest BCUT2D eigenvalue weighted by atomic mass is 19.2. The molecule has 0 aliphatic rings. The molecular formula is C18H18F3NO4. The maximum Gasteiger partial charge on any atom is 0.254 e. The Hall–Kier alpha value is -2.90. The first-order valence-electron chi connectivity index (χ1n) is 7.63. The Morgan fingerprint density at radius 2 is 1.58 bits per heavy atom. The van der Waals surface area contributed by atoms with E-state index in [4.69, 9.17) is 14.2 Å². The molecule has 0 aliphatic heterocycles. The molecule has 140 valence electrons. The lowest BCUT2D eigenvalue weighted by Gasteiger charge is -2.14. The van der Waals surface area contributed by atoms with E-state index < -0.39 is 28.9 Å². The normalized spacial score (nSPS) is 10.4. The van der Waals surface area contributed by atoms with Crippen molar-refractivity contribution in [3.05, 3.63) is 52.8 Å². The third-order valence-electron chi connectivity index (χ3n) is 3.70. The summed E-state index contributed by atoms with van der Waals surface area (Å²) in [5.74, 6) is -4.03. The minimum Gasteiger partial charge on any atom is -0.493 e. The van der Waals surface area contributed by atoms with Gasteiger partial charge in [0, 0.05) is 6.54 Å². The van der Waals surface area contributed by atoms with Gasteiger partial charge in [0.25, 0.3) is 5.91 Å². The topological polar surface area (TPSA) is 56.8 Å². The Morgan fingerprint density at radius 3 is 2.12 bits per heavy atom. The molecule has 2 aromatic rings. The van der Waals surface area contributed by atoms with Crippen LogP contribution in [0.3, 0.4) is 0 Å². The number of halogens is 3. The van der Waals surface area contributed by atoms with Crippen LogP contribution in [-0.4, -0.2) is 33.8 Å². The van der Waals surface area contributed by atoms with Gasteiger partial charge in [-0.25, -0.2) is 13.2 Å². The highest BCUT2D eigenvalue weighted by Gasteiger charge is 2.19. The first kappa shape index (κ1) is 19.4. The van der Waals surface area contributed by atoms with Crippen LogP contribution in [0.1, 0.15) is 15.9 Å². The van der Waals surface area contributed by atoms with Gasteiger partial charge in [0.2, 0.25) is 5.75 Å². The first-order valence-corrected chi connectivity index (χ1v) is 7.63. The van der Waals surface area contributed by atoms with Gasteiger partial charge in [-0.1, -0.05) is 0 Å². The number of benzene rings is 2. The monoisotopic (exact) mass is 369 g/mol. The van der Waals surface area contributed by atoms with E-state index in [1.165, 1.54) is 21.3 Å². The van der Waals surface area contributed by atoms with Crippen molar-refractivity contribution in [3.8, 4) is 17.2 Å². The van der Waals surface area contributed by atoms with Crippen LogP contribution in [0.4, 0.5) is 13.2 Å². The predicted molar refractivity (Wildman–Crippen MR) is 88.5 cm³/mol. The fourth-order valence-electron chi connectivity index (χ4n) is 2.40. The molecule has 0 aromatic heterocycles. The maximum atomic E-state index is 13.6. The Kier molecular flexibility index (Phi) is 6.32. The van der Waals surface area contributed by atoms with Crippen molar-refractivity contribution in [2.75, 3.05) is 27.9 Å². The number of ether oxygens (including phenoxy) is 3. The van der Waals surface area contributed by atoms with Gasteiger partial charge < -0.3 is 19.5 Å². The van der Waals surface area contributed by atoms with Crippen LogP contribution in [0.15, 0.2) is 24.3 Å². The van der Waals surface area contributed by atoms with Gasteiger partial charge in [0.05, 0.1) is 26.9 Å². The summed E-state index contributed by atoms with van der Waals surface area (Å²) in [4.78, 5) is 12.0. The zero-order chi connectivity index (χ0) is 19.3. The summed E-state index contributed by atoms with van der Waals surface area (Å²) in [6.45, 7) is 0.135. The van der Waals surface area contributed by atoms with Crippen molar-refractivity contribution in [1.82, 2.24) is 5.32 Å². The van der Waals surface area contributed by atoms with E-state index in [0.29, 0.717) is 29.7 Å². The van der Waals surface area contributed by atoms with E-state index in [2.05, 4.69) is 5.32 Å². The van der Waals surface area contributed by atoms with Crippen molar-refractivity contribution in [3.63, 3.8) is 0 Å². The van der Waals surface area contributed by atoms with E-state index >= 15 is 0 Å². The van der Waals surface area contributed by atoms with Crippen molar-refractivity contribution >= 4 is 5.91 Å². The second-order valence-electron chi connectivity index (χ2n) is 5.26.